The second-order valence-electron chi connectivity index (χ2n) is 4.76. The molecule has 1 aromatic heterocycles. The average Bonchev–Trinajstić information content (AvgIpc) is 2.61. The van der Waals surface area contributed by atoms with Gasteiger partial charge in [0, 0.05) is 17.5 Å². The zero-order valence-electron chi connectivity index (χ0n) is 9.93. The Morgan fingerprint density at radius 3 is 2.60 bits per heavy atom. The summed E-state index contributed by atoms with van der Waals surface area (Å²) in [5.74, 6) is 0. The molecular weight excluding hydrogens is 226 g/mol. The van der Waals surface area contributed by atoms with Crippen LogP contribution in [0, 0.1) is 5.41 Å². The van der Waals surface area contributed by atoms with E-state index in [0.29, 0.717) is 11.5 Å². The van der Waals surface area contributed by atoms with Gasteiger partial charge in [0.05, 0.1) is 4.34 Å². The molecule has 0 radical (unpaired) electrons. The molecule has 1 rings (SSSR count). The van der Waals surface area contributed by atoms with Gasteiger partial charge >= 0.3 is 0 Å². The highest BCUT2D eigenvalue weighted by atomic mass is 35.5. The van der Waals surface area contributed by atoms with E-state index < -0.39 is 0 Å². The van der Waals surface area contributed by atoms with Gasteiger partial charge in [0.15, 0.2) is 0 Å². The predicted octanol–water partition coefficient (Wildman–Crippen LogP) is 4.49. The molecular formula is C12H20ClNS. The van der Waals surface area contributed by atoms with Crippen molar-refractivity contribution in [2.24, 2.45) is 5.41 Å². The van der Waals surface area contributed by atoms with Crippen molar-refractivity contribution in [1.29, 1.82) is 0 Å². The van der Waals surface area contributed by atoms with Gasteiger partial charge in [0.2, 0.25) is 0 Å². The predicted molar refractivity (Wildman–Crippen MR) is 69.8 cm³/mol. The Labute approximate surface area is 102 Å². The number of halogens is 1. The van der Waals surface area contributed by atoms with E-state index in [2.05, 4.69) is 39.1 Å². The normalized spacial score (nSPS) is 14.2. The minimum absolute atomic E-state index is 0.370. The molecule has 1 heterocycles. The van der Waals surface area contributed by atoms with Gasteiger partial charge in [-0.1, -0.05) is 32.4 Å². The third-order valence-corrected chi connectivity index (χ3v) is 4.28. The number of thiophene rings is 1. The van der Waals surface area contributed by atoms with Crippen molar-refractivity contribution in [2.75, 3.05) is 6.54 Å². The van der Waals surface area contributed by atoms with Gasteiger partial charge in [0.25, 0.3) is 0 Å². The van der Waals surface area contributed by atoms with Crippen molar-refractivity contribution in [2.45, 2.75) is 40.2 Å². The first-order valence-electron chi connectivity index (χ1n) is 5.43. The van der Waals surface area contributed by atoms with Crippen LogP contribution in [0.15, 0.2) is 12.1 Å². The van der Waals surface area contributed by atoms with Crippen LogP contribution in [0.2, 0.25) is 4.34 Å². The molecule has 1 unspecified atom stereocenters. The Kier molecular flexibility index (Phi) is 4.63. The van der Waals surface area contributed by atoms with Crippen molar-refractivity contribution < 1.29 is 0 Å². The molecule has 0 aliphatic heterocycles. The minimum Gasteiger partial charge on any atom is -0.309 e. The Bertz CT molecular complexity index is 306. The fraction of sp³-hybridized carbons (Fsp3) is 0.667. The Morgan fingerprint density at radius 1 is 1.47 bits per heavy atom. The minimum atomic E-state index is 0.370. The van der Waals surface area contributed by atoms with Gasteiger partial charge in [-0.15, -0.1) is 11.3 Å². The molecule has 15 heavy (non-hydrogen) atoms. The van der Waals surface area contributed by atoms with E-state index in [0.717, 1.165) is 10.9 Å². The van der Waals surface area contributed by atoms with E-state index in [1.165, 1.54) is 11.3 Å². The molecule has 1 nitrogen and oxygen atoms in total. The highest BCUT2D eigenvalue weighted by Crippen LogP contribution is 2.27. The molecule has 0 saturated carbocycles. The van der Waals surface area contributed by atoms with Crippen LogP contribution in [0.1, 0.15) is 45.0 Å². The zero-order chi connectivity index (χ0) is 11.5. The molecule has 0 fully saturated rings. The van der Waals surface area contributed by atoms with Crippen LogP contribution in [0.5, 0.6) is 0 Å². The fourth-order valence-electron chi connectivity index (χ4n) is 1.22. The van der Waals surface area contributed by atoms with Crippen molar-refractivity contribution in [1.82, 2.24) is 5.32 Å². The summed E-state index contributed by atoms with van der Waals surface area (Å²) in [6, 6.07) is 4.46. The van der Waals surface area contributed by atoms with Gasteiger partial charge < -0.3 is 5.32 Å². The van der Waals surface area contributed by atoms with Crippen LogP contribution in [-0.2, 0) is 0 Å². The number of hydrogen-bond acceptors (Lipinski definition) is 2. The van der Waals surface area contributed by atoms with Crippen LogP contribution in [0.4, 0.5) is 0 Å². The summed E-state index contributed by atoms with van der Waals surface area (Å²) in [5.41, 5.74) is 0.370. The summed E-state index contributed by atoms with van der Waals surface area (Å²) < 4.78 is 0.869. The van der Waals surface area contributed by atoms with Gasteiger partial charge in [-0.2, -0.15) is 0 Å². The Morgan fingerprint density at radius 2 is 2.13 bits per heavy atom. The zero-order valence-corrected chi connectivity index (χ0v) is 11.5. The molecule has 0 bridgehead atoms. The van der Waals surface area contributed by atoms with E-state index in [-0.39, 0.29) is 0 Å². The molecule has 0 aliphatic rings. The SMILES string of the molecule is CCC(C)(C)CNC(C)c1ccc(Cl)s1. The summed E-state index contributed by atoms with van der Waals surface area (Å²) in [6.07, 6.45) is 1.19. The van der Waals surface area contributed by atoms with Crippen molar-refractivity contribution >= 4 is 22.9 Å². The lowest BCUT2D eigenvalue weighted by Crippen LogP contribution is -2.30. The Balaban J connectivity index is 2.46. The third-order valence-electron chi connectivity index (χ3n) is 2.86. The third kappa shape index (κ3) is 4.13. The first-order chi connectivity index (χ1) is 6.94. The van der Waals surface area contributed by atoms with Crippen LogP contribution < -0.4 is 5.32 Å². The maximum atomic E-state index is 5.91. The summed E-state index contributed by atoms with van der Waals surface area (Å²) >= 11 is 7.57. The van der Waals surface area contributed by atoms with E-state index in [1.807, 2.05) is 6.07 Å². The van der Waals surface area contributed by atoms with E-state index in [1.54, 1.807) is 11.3 Å². The summed E-state index contributed by atoms with van der Waals surface area (Å²) in [5, 5.41) is 3.56. The van der Waals surface area contributed by atoms with Crippen LogP contribution in [0.3, 0.4) is 0 Å². The van der Waals surface area contributed by atoms with E-state index in [4.69, 9.17) is 11.6 Å². The average molecular weight is 246 g/mol. The van der Waals surface area contributed by atoms with Crippen LogP contribution in [0.25, 0.3) is 0 Å². The molecule has 3 heteroatoms. The first-order valence-corrected chi connectivity index (χ1v) is 6.62. The topological polar surface area (TPSA) is 12.0 Å². The molecule has 1 N–H and O–H groups in total. The lowest BCUT2D eigenvalue weighted by molar-refractivity contribution is 0.315. The van der Waals surface area contributed by atoms with Gasteiger partial charge in [-0.05, 0) is 30.9 Å². The monoisotopic (exact) mass is 245 g/mol. The molecule has 0 spiro atoms. The highest BCUT2D eigenvalue weighted by Gasteiger charge is 2.16. The fourth-order valence-corrected chi connectivity index (χ4v) is 2.30. The summed E-state index contributed by atoms with van der Waals surface area (Å²) in [6.45, 7) is 10.0. The second kappa shape index (κ2) is 5.33. The molecule has 0 saturated heterocycles. The first kappa shape index (κ1) is 13.0. The molecule has 0 aliphatic carbocycles. The largest absolute Gasteiger partial charge is 0.309 e. The number of nitrogens with one attached hydrogen (secondary N) is 1. The standard InChI is InChI=1S/C12H20ClNS/c1-5-12(3,4)8-14-9(2)10-6-7-11(13)15-10/h6-7,9,14H,5,8H2,1-4H3. The molecule has 0 amide bonds. The summed E-state index contributed by atoms with van der Waals surface area (Å²) in [4.78, 5) is 1.31. The Hall–Kier alpha value is -0.0500. The highest BCUT2D eigenvalue weighted by molar-refractivity contribution is 7.16. The molecule has 1 aromatic rings. The van der Waals surface area contributed by atoms with Crippen LogP contribution in [-0.4, -0.2) is 6.54 Å². The lowest BCUT2D eigenvalue weighted by Gasteiger charge is -2.25. The molecule has 0 aromatic carbocycles. The quantitative estimate of drug-likeness (QED) is 0.806. The van der Waals surface area contributed by atoms with Gasteiger partial charge in [-0.25, -0.2) is 0 Å². The number of rotatable bonds is 5. The molecule has 1 atom stereocenters. The van der Waals surface area contributed by atoms with Crippen molar-refractivity contribution in [3.8, 4) is 0 Å². The maximum Gasteiger partial charge on any atom is 0.0931 e. The lowest BCUT2D eigenvalue weighted by atomic mass is 9.90. The van der Waals surface area contributed by atoms with Gasteiger partial charge in [0.1, 0.15) is 0 Å². The van der Waals surface area contributed by atoms with Crippen LogP contribution >= 0.6 is 22.9 Å². The van der Waals surface area contributed by atoms with Gasteiger partial charge in [-0.3, -0.25) is 0 Å². The number of hydrogen-bond donors (Lipinski definition) is 1. The second-order valence-corrected chi connectivity index (χ2v) is 6.51. The van der Waals surface area contributed by atoms with E-state index >= 15 is 0 Å². The van der Waals surface area contributed by atoms with Crippen molar-refractivity contribution in [3.05, 3.63) is 21.3 Å². The maximum absolute atomic E-state index is 5.91. The van der Waals surface area contributed by atoms with E-state index in [9.17, 15) is 0 Å². The summed E-state index contributed by atoms with van der Waals surface area (Å²) in [7, 11) is 0. The smallest absolute Gasteiger partial charge is 0.0931 e. The molecule has 86 valence electrons. The van der Waals surface area contributed by atoms with Crippen molar-refractivity contribution in [3.63, 3.8) is 0 Å².